The van der Waals surface area contributed by atoms with E-state index in [4.69, 9.17) is 0 Å². The van der Waals surface area contributed by atoms with Crippen LogP contribution in [0, 0.1) is 6.92 Å². The maximum atomic E-state index is 13.0. The fourth-order valence-electron chi connectivity index (χ4n) is 2.70. The van der Waals surface area contributed by atoms with E-state index in [0.29, 0.717) is 5.65 Å². The van der Waals surface area contributed by atoms with Crippen LogP contribution >= 0.6 is 27.3 Å². The summed E-state index contributed by atoms with van der Waals surface area (Å²) in [5.41, 5.74) is 2.42. The van der Waals surface area contributed by atoms with Crippen LogP contribution in [-0.2, 0) is 10.0 Å². The molecule has 0 spiro atoms. The van der Waals surface area contributed by atoms with Crippen molar-refractivity contribution in [2.24, 2.45) is 0 Å². The average Bonchev–Trinajstić information content (AvgIpc) is 3.21. The maximum Gasteiger partial charge on any atom is 0.269 e. The number of benzene rings is 1. The number of hydrogen-bond acceptors (Lipinski definition) is 4. The van der Waals surface area contributed by atoms with Crippen molar-refractivity contribution in [2.45, 2.75) is 11.8 Å². The monoisotopic (exact) mass is 432 g/mol. The van der Waals surface area contributed by atoms with E-state index in [1.807, 2.05) is 24.4 Å². The van der Waals surface area contributed by atoms with E-state index >= 15 is 0 Å². The molecule has 1 aromatic carbocycles. The van der Waals surface area contributed by atoms with Crippen molar-refractivity contribution in [1.82, 2.24) is 8.96 Å². The third kappa shape index (κ3) is 2.82. The SMILES string of the molecule is Cc1ccc(S(=O)(=O)n2ccc3c(-c4cc(Br)cs4)ccnc32)cc1. The third-order valence-electron chi connectivity index (χ3n) is 3.97. The zero-order chi connectivity index (χ0) is 17.6. The number of rotatable bonds is 3. The summed E-state index contributed by atoms with van der Waals surface area (Å²) in [5, 5.41) is 2.81. The molecular weight excluding hydrogens is 420 g/mol. The van der Waals surface area contributed by atoms with E-state index in [1.54, 1.807) is 54.1 Å². The molecule has 126 valence electrons. The molecule has 0 aliphatic carbocycles. The minimum absolute atomic E-state index is 0.252. The van der Waals surface area contributed by atoms with Crippen molar-refractivity contribution in [3.05, 3.63) is 70.3 Å². The predicted octanol–water partition coefficient (Wildman–Crippen LogP) is 5.07. The number of halogens is 1. The van der Waals surface area contributed by atoms with Gasteiger partial charge in [-0.15, -0.1) is 11.3 Å². The molecule has 0 unspecified atom stereocenters. The Kier molecular flexibility index (Phi) is 4.02. The molecule has 25 heavy (non-hydrogen) atoms. The summed E-state index contributed by atoms with van der Waals surface area (Å²) in [6.45, 7) is 1.93. The Hall–Kier alpha value is -1.96. The normalized spacial score (nSPS) is 11.9. The highest BCUT2D eigenvalue weighted by Gasteiger charge is 2.21. The molecule has 0 saturated carbocycles. The first-order chi connectivity index (χ1) is 12.0. The van der Waals surface area contributed by atoms with Gasteiger partial charge in [-0.2, -0.15) is 0 Å². The second-order valence-corrected chi connectivity index (χ2v) is 9.30. The zero-order valence-corrected chi connectivity index (χ0v) is 16.4. The Morgan fingerprint density at radius 2 is 1.88 bits per heavy atom. The average molecular weight is 433 g/mol. The summed E-state index contributed by atoms with van der Waals surface area (Å²) < 4.78 is 28.2. The molecule has 4 rings (SSSR count). The number of nitrogens with zero attached hydrogens (tertiary/aromatic N) is 2. The van der Waals surface area contributed by atoms with Crippen molar-refractivity contribution < 1.29 is 8.42 Å². The molecule has 7 heteroatoms. The fourth-order valence-corrected chi connectivity index (χ4v) is 5.47. The second-order valence-electron chi connectivity index (χ2n) is 5.65. The number of thiophene rings is 1. The largest absolute Gasteiger partial charge is 0.269 e. The van der Waals surface area contributed by atoms with Gasteiger partial charge in [0.05, 0.1) is 4.90 Å². The third-order valence-corrected chi connectivity index (χ3v) is 7.37. The molecular formula is C18H13BrN2O2S2. The molecule has 0 radical (unpaired) electrons. The van der Waals surface area contributed by atoms with Crippen LogP contribution in [0.4, 0.5) is 0 Å². The summed E-state index contributed by atoms with van der Waals surface area (Å²) in [5.74, 6) is 0. The van der Waals surface area contributed by atoms with E-state index in [2.05, 4.69) is 20.9 Å². The summed E-state index contributed by atoms with van der Waals surface area (Å²) in [6.07, 6.45) is 3.21. The lowest BCUT2D eigenvalue weighted by atomic mass is 10.1. The second kappa shape index (κ2) is 6.09. The number of pyridine rings is 1. The van der Waals surface area contributed by atoms with Crippen LogP contribution in [0.5, 0.6) is 0 Å². The Bertz CT molecular complexity index is 1180. The molecule has 3 aromatic heterocycles. The van der Waals surface area contributed by atoms with Gasteiger partial charge >= 0.3 is 0 Å². The Labute approximate surface area is 157 Å². The minimum atomic E-state index is -3.68. The summed E-state index contributed by atoms with van der Waals surface area (Å²) in [4.78, 5) is 5.63. The first-order valence-electron chi connectivity index (χ1n) is 7.49. The quantitative estimate of drug-likeness (QED) is 0.453. The van der Waals surface area contributed by atoms with Gasteiger partial charge in [-0.25, -0.2) is 17.4 Å². The number of aromatic nitrogens is 2. The van der Waals surface area contributed by atoms with E-state index in [1.165, 1.54) is 3.97 Å². The molecule has 0 aliphatic rings. The molecule has 4 nitrogen and oxygen atoms in total. The Morgan fingerprint density at radius 3 is 2.56 bits per heavy atom. The van der Waals surface area contributed by atoms with Crippen LogP contribution in [0.25, 0.3) is 21.5 Å². The lowest BCUT2D eigenvalue weighted by molar-refractivity contribution is 0.589. The van der Waals surface area contributed by atoms with Crippen molar-refractivity contribution >= 4 is 48.3 Å². The van der Waals surface area contributed by atoms with Gasteiger partial charge in [0.25, 0.3) is 10.0 Å². The van der Waals surface area contributed by atoms with Crippen molar-refractivity contribution in [3.8, 4) is 10.4 Å². The van der Waals surface area contributed by atoms with Gasteiger partial charge in [-0.1, -0.05) is 17.7 Å². The molecule has 0 N–H and O–H groups in total. The number of aryl methyl sites for hydroxylation is 1. The van der Waals surface area contributed by atoms with Gasteiger partial charge in [0, 0.05) is 38.1 Å². The number of fused-ring (bicyclic) bond motifs is 1. The van der Waals surface area contributed by atoms with Crippen LogP contribution in [0.2, 0.25) is 0 Å². The van der Waals surface area contributed by atoms with Gasteiger partial charge in [0.15, 0.2) is 5.65 Å². The molecule has 0 saturated heterocycles. The number of hydrogen-bond donors (Lipinski definition) is 0. The van der Waals surface area contributed by atoms with Gasteiger partial charge in [-0.3, -0.25) is 0 Å². The molecule has 0 bridgehead atoms. The molecule has 3 heterocycles. The van der Waals surface area contributed by atoms with E-state index in [-0.39, 0.29) is 4.90 Å². The van der Waals surface area contributed by atoms with Crippen LogP contribution in [-0.4, -0.2) is 17.4 Å². The molecule has 4 aromatic rings. The first kappa shape index (κ1) is 16.5. The van der Waals surface area contributed by atoms with Crippen LogP contribution in [0.3, 0.4) is 0 Å². The molecule has 0 fully saturated rings. The highest BCUT2D eigenvalue weighted by atomic mass is 79.9. The lowest BCUT2D eigenvalue weighted by Gasteiger charge is -2.08. The Balaban J connectivity index is 1.91. The van der Waals surface area contributed by atoms with Gasteiger partial charge < -0.3 is 0 Å². The van der Waals surface area contributed by atoms with E-state index in [9.17, 15) is 8.42 Å². The smallest absolute Gasteiger partial charge is 0.237 e. The minimum Gasteiger partial charge on any atom is -0.237 e. The Morgan fingerprint density at radius 1 is 1.12 bits per heavy atom. The summed E-state index contributed by atoms with van der Waals surface area (Å²) in [6, 6.07) is 12.6. The van der Waals surface area contributed by atoms with Crippen LogP contribution in [0.1, 0.15) is 5.56 Å². The molecule has 0 aliphatic heterocycles. The summed E-state index contributed by atoms with van der Waals surface area (Å²) in [7, 11) is -3.68. The first-order valence-corrected chi connectivity index (χ1v) is 10.6. The van der Waals surface area contributed by atoms with Gasteiger partial charge in [0.1, 0.15) is 0 Å². The molecule has 0 atom stereocenters. The van der Waals surface area contributed by atoms with Crippen molar-refractivity contribution in [2.75, 3.05) is 0 Å². The van der Waals surface area contributed by atoms with Crippen LogP contribution < -0.4 is 0 Å². The fraction of sp³-hybridized carbons (Fsp3) is 0.0556. The standard InChI is InChI=1S/C18H13BrN2O2S2/c1-12-2-4-14(5-3-12)25(22,23)21-9-7-16-15(6-8-20-18(16)21)17-10-13(19)11-24-17/h2-11H,1H3. The summed E-state index contributed by atoms with van der Waals surface area (Å²) >= 11 is 5.06. The highest BCUT2D eigenvalue weighted by Crippen LogP contribution is 2.35. The highest BCUT2D eigenvalue weighted by molar-refractivity contribution is 9.10. The lowest BCUT2D eigenvalue weighted by Crippen LogP contribution is -2.12. The van der Waals surface area contributed by atoms with E-state index in [0.717, 1.165) is 25.9 Å². The maximum absolute atomic E-state index is 13.0. The molecule has 0 amide bonds. The van der Waals surface area contributed by atoms with Gasteiger partial charge in [0.2, 0.25) is 0 Å². The van der Waals surface area contributed by atoms with Gasteiger partial charge in [-0.05, 0) is 53.2 Å². The van der Waals surface area contributed by atoms with E-state index < -0.39 is 10.0 Å². The predicted molar refractivity (Wildman–Crippen MR) is 105 cm³/mol. The zero-order valence-electron chi connectivity index (χ0n) is 13.2. The van der Waals surface area contributed by atoms with Crippen molar-refractivity contribution in [1.29, 1.82) is 0 Å². The van der Waals surface area contributed by atoms with Crippen molar-refractivity contribution in [3.63, 3.8) is 0 Å². The topological polar surface area (TPSA) is 52.0 Å². The van der Waals surface area contributed by atoms with Crippen LogP contribution in [0.15, 0.2) is 69.6 Å².